The van der Waals surface area contributed by atoms with E-state index in [2.05, 4.69) is 16.8 Å². The molecule has 40 heavy (non-hydrogen) atoms. The van der Waals surface area contributed by atoms with Gasteiger partial charge >= 0.3 is 0 Å². The van der Waals surface area contributed by atoms with E-state index in [1.165, 1.54) is 25.7 Å². The predicted molar refractivity (Wildman–Crippen MR) is 151 cm³/mol. The Morgan fingerprint density at radius 1 is 1.02 bits per heavy atom. The van der Waals surface area contributed by atoms with Crippen LogP contribution in [0.1, 0.15) is 80.5 Å². The van der Waals surface area contributed by atoms with Crippen LogP contribution in [0.25, 0.3) is 0 Å². The third kappa shape index (κ3) is 8.46. The number of aliphatic hydroxyl groups excluding tert-OH is 1. The number of ether oxygens (including phenoxy) is 2. The first-order valence-corrected chi connectivity index (χ1v) is 14.2. The molecule has 9 nitrogen and oxygen atoms in total. The second-order valence-corrected chi connectivity index (χ2v) is 10.6. The molecule has 2 aromatic rings. The van der Waals surface area contributed by atoms with Gasteiger partial charge in [-0.15, -0.1) is 6.58 Å². The average molecular weight is 552 g/mol. The summed E-state index contributed by atoms with van der Waals surface area (Å²) in [5.41, 5.74) is 4.87. The van der Waals surface area contributed by atoms with Gasteiger partial charge in [0.15, 0.2) is 6.29 Å². The topological polar surface area (TPSA) is 120 Å². The number of hydrogen-bond donors (Lipinski definition) is 4. The van der Waals surface area contributed by atoms with Gasteiger partial charge in [-0.05, 0) is 42.5 Å². The Hall–Kier alpha value is -3.08. The van der Waals surface area contributed by atoms with Crippen molar-refractivity contribution in [2.45, 2.75) is 82.5 Å². The van der Waals surface area contributed by atoms with Gasteiger partial charge in [0.1, 0.15) is 0 Å². The molecule has 0 spiro atoms. The maximum absolute atomic E-state index is 12.4. The Kier molecular flexibility index (Phi) is 11.3. The van der Waals surface area contributed by atoms with E-state index in [4.69, 9.17) is 14.7 Å². The lowest BCUT2D eigenvalue weighted by atomic mass is 9.99. The molecule has 1 saturated heterocycles. The van der Waals surface area contributed by atoms with Gasteiger partial charge in [-0.2, -0.15) is 0 Å². The van der Waals surface area contributed by atoms with E-state index in [0.29, 0.717) is 24.6 Å². The Bertz CT molecular complexity index is 1120. The van der Waals surface area contributed by atoms with E-state index in [9.17, 15) is 14.7 Å². The second kappa shape index (κ2) is 15.1. The van der Waals surface area contributed by atoms with Gasteiger partial charge in [0.25, 0.3) is 0 Å². The summed E-state index contributed by atoms with van der Waals surface area (Å²) in [7, 11) is 0. The predicted octanol–water partition coefficient (Wildman–Crippen LogP) is 4.77. The lowest BCUT2D eigenvalue weighted by molar-refractivity contribution is -0.253. The fourth-order valence-electron chi connectivity index (χ4n) is 5.55. The average Bonchev–Trinajstić information content (AvgIpc) is 3.52. The van der Waals surface area contributed by atoms with Gasteiger partial charge in [-0.25, -0.2) is 5.48 Å². The highest BCUT2D eigenvalue weighted by Gasteiger charge is 2.34. The number of hydroxylamine groups is 1. The minimum Gasteiger partial charge on any atom is -0.392 e. The SMILES string of the molecule is C=CCN(C[C@@H]1C[C@H](c2ccc(CO)cc2)O[C@H](c2cccc(NC(=O)CCCC(=O)NO)c2)O1)C1CCCC1. The van der Waals surface area contributed by atoms with Crippen LogP contribution in [0.5, 0.6) is 0 Å². The molecule has 1 aliphatic heterocycles. The van der Waals surface area contributed by atoms with E-state index >= 15 is 0 Å². The molecule has 216 valence electrons. The molecule has 0 bridgehead atoms. The summed E-state index contributed by atoms with van der Waals surface area (Å²) in [6.45, 7) is 5.56. The maximum atomic E-state index is 12.4. The van der Waals surface area contributed by atoms with Crippen molar-refractivity contribution < 1.29 is 29.4 Å². The first kappa shape index (κ1) is 29.9. The molecule has 0 unspecified atom stereocenters. The summed E-state index contributed by atoms with van der Waals surface area (Å²) >= 11 is 0. The summed E-state index contributed by atoms with van der Waals surface area (Å²) in [6.07, 6.45) is 7.22. The van der Waals surface area contributed by atoms with Crippen LogP contribution in [-0.4, -0.2) is 52.3 Å². The number of rotatable bonds is 13. The normalized spacial score (nSPS) is 21.3. The van der Waals surface area contributed by atoms with Crippen LogP contribution in [0.15, 0.2) is 61.2 Å². The number of nitrogens with one attached hydrogen (secondary N) is 2. The van der Waals surface area contributed by atoms with Gasteiger partial charge in [-0.3, -0.25) is 19.7 Å². The van der Waals surface area contributed by atoms with Crippen LogP contribution in [0.3, 0.4) is 0 Å². The van der Waals surface area contributed by atoms with E-state index < -0.39 is 12.2 Å². The lowest BCUT2D eigenvalue weighted by Gasteiger charge is -2.39. The second-order valence-electron chi connectivity index (χ2n) is 10.6. The number of hydrogen-bond acceptors (Lipinski definition) is 7. The third-order valence-electron chi connectivity index (χ3n) is 7.63. The minimum atomic E-state index is -0.625. The van der Waals surface area contributed by atoms with Crippen molar-refractivity contribution in [1.29, 1.82) is 0 Å². The number of aliphatic hydroxyl groups is 1. The smallest absolute Gasteiger partial charge is 0.243 e. The van der Waals surface area contributed by atoms with E-state index in [1.807, 2.05) is 48.5 Å². The number of nitrogens with zero attached hydrogens (tertiary/aromatic N) is 1. The molecule has 4 N–H and O–H groups in total. The zero-order valence-corrected chi connectivity index (χ0v) is 23.0. The number of benzene rings is 2. The molecule has 1 aliphatic carbocycles. The Labute approximate surface area is 236 Å². The lowest BCUT2D eigenvalue weighted by Crippen LogP contribution is -2.43. The molecule has 9 heteroatoms. The van der Waals surface area contributed by atoms with Gasteiger partial charge in [0.2, 0.25) is 11.8 Å². The number of carbonyl (C=O) groups is 2. The van der Waals surface area contributed by atoms with Crippen molar-refractivity contribution in [1.82, 2.24) is 10.4 Å². The number of anilines is 1. The molecule has 2 aliphatic rings. The van der Waals surface area contributed by atoms with Crippen molar-refractivity contribution >= 4 is 17.5 Å². The summed E-state index contributed by atoms with van der Waals surface area (Å²) in [4.78, 5) is 26.1. The molecule has 0 aromatic heterocycles. The number of amides is 2. The van der Waals surface area contributed by atoms with Crippen LogP contribution < -0.4 is 10.8 Å². The van der Waals surface area contributed by atoms with Crippen molar-refractivity contribution in [2.24, 2.45) is 0 Å². The zero-order valence-electron chi connectivity index (χ0n) is 23.0. The summed E-state index contributed by atoms with van der Waals surface area (Å²) in [5.74, 6) is -0.735. The van der Waals surface area contributed by atoms with Crippen LogP contribution in [0, 0.1) is 0 Å². The fraction of sp³-hybridized carbons (Fsp3) is 0.484. The fourth-order valence-corrected chi connectivity index (χ4v) is 5.55. The highest BCUT2D eigenvalue weighted by Crippen LogP contribution is 2.39. The van der Waals surface area contributed by atoms with Crippen molar-refractivity contribution in [3.63, 3.8) is 0 Å². The Balaban J connectivity index is 1.49. The first-order chi connectivity index (χ1) is 19.5. The molecule has 1 heterocycles. The first-order valence-electron chi connectivity index (χ1n) is 14.2. The molecule has 0 radical (unpaired) electrons. The zero-order chi connectivity index (χ0) is 28.3. The Morgan fingerprint density at radius 2 is 1.77 bits per heavy atom. The van der Waals surface area contributed by atoms with E-state index in [-0.39, 0.29) is 37.6 Å². The molecule has 4 rings (SSSR count). The standard InChI is InChI=1S/C31H41N3O6/c1-2-17-34(26-9-3-4-10-26)20-27-19-28(23-15-13-22(21-35)14-16-23)40-31(39-27)24-7-5-8-25(18-24)32-29(36)11-6-12-30(37)33-38/h2,5,7-8,13-16,18,26-28,31,35,38H,1,3-4,6,9-12,17,19-21H2,(H,32,36)(H,33,37)/t27-,28+,31+/m0/s1. The number of carbonyl (C=O) groups excluding carboxylic acids is 2. The molecule has 1 saturated carbocycles. The largest absolute Gasteiger partial charge is 0.392 e. The summed E-state index contributed by atoms with van der Waals surface area (Å²) in [6, 6.07) is 15.8. The highest BCUT2D eigenvalue weighted by molar-refractivity contribution is 5.91. The van der Waals surface area contributed by atoms with Crippen LogP contribution in [0.4, 0.5) is 5.69 Å². The van der Waals surface area contributed by atoms with Crippen LogP contribution in [-0.2, 0) is 25.7 Å². The highest BCUT2D eigenvalue weighted by atomic mass is 16.7. The van der Waals surface area contributed by atoms with Gasteiger partial charge in [0.05, 0.1) is 18.8 Å². The van der Waals surface area contributed by atoms with Crippen LogP contribution in [0.2, 0.25) is 0 Å². The molecule has 2 aromatic carbocycles. The monoisotopic (exact) mass is 551 g/mol. The van der Waals surface area contributed by atoms with Crippen molar-refractivity contribution in [3.8, 4) is 0 Å². The van der Waals surface area contributed by atoms with Crippen LogP contribution >= 0.6 is 0 Å². The van der Waals surface area contributed by atoms with Gasteiger partial charge in [-0.1, -0.05) is 55.3 Å². The third-order valence-corrected chi connectivity index (χ3v) is 7.63. The van der Waals surface area contributed by atoms with E-state index in [1.54, 1.807) is 11.5 Å². The molecule has 2 amide bonds. The molecular weight excluding hydrogens is 510 g/mol. The molecule has 3 atom stereocenters. The quantitative estimate of drug-likeness (QED) is 0.161. The van der Waals surface area contributed by atoms with Gasteiger partial charge < -0.3 is 19.9 Å². The molecular formula is C31H41N3O6. The minimum absolute atomic E-state index is 0.00872. The van der Waals surface area contributed by atoms with Crippen molar-refractivity contribution in [2.75, 3.05) is 18.4 Å². The molecule has 2 fully saturated rings. The Morgan fingerprint density at radius 3 is 2.48 bits per heavy atom. The summed E-state index contributed by atoms with van der Waals surface area (Å²) < 4.78 is 13.0. The van der Waals surface area contributed by atoms with E-state index in [0.717, 1.165) is 29.8 Å². The maximum Gasteiger partial charge on any atom is 0.243 e. The summed E-state index contributed by atoms with van der Waals surface area (Å²) in [5, 5.41) is 21.0. The van der Waals surface area contributed by atoms with Gasteiger partial charge in [0, 0.05) is 49.6 Å². The van der Waals surface area contributed by atoms with Crippen molar-refractivity contribution in [3.05, 3.63) is 77.9 Å².